The molecule has 1 saturated heterocycles. The summed E-state index contributed by atoms with van der Waals surface area (Å²) in [7, 11) is 2.76. The SMILES string of the molecule is COc1cc2c(c(F)c1OC)C(=N)N(CC(=O)Cc1cc(N3CCCC3)c(OCC(=O)O)c(C(C)(C)C)c1)C2. The predicted molar refractivity (Wildman–Crippen MR) is 145 cm³/mol. The fourth-order valence-electron chi connectivity index (χ4n) is 5.26. The van der Waals surface area contributed by atoms with Crippen molar-refractivity contribution in [3.63, 3.8) is 0 Å². The molecule has 10 heteroatoms. The van der Waals surface area contributed by atoms with Crippen LogP contribution >= 0.6 is 0 Å². The maximum Gasteiger partial charge on any atom is 0.341 e. The molecule has 39 heavy (non-hydrogen) atoms. The van der Waals surface area contributed by atoms with Gasteiger partial charge in [0.05, 0.1) is 32.0 Å². The molecule has 2 aliphatic rings. The Labute approximate surface area is 228 Å². The monoisotopic (exact) mass is 541 g/mol. The molecule has 0 atom stereocenters. The summed E-state index contributed by atoms with van der Waals surface area (Å²) in [5, 5.41) is 17.8. The molecule has 9 nitrogen and oxygen atoms in total. The third-order valence-corrected chi connectivity index (χ3v) is 7.10. The molecule has 0 amide bonds. The lowest BCUT2D eigenvalue weighted by Crippen LogP contribution is -2.31. The van der Waals surface area contributed by atoms with Gasteiger partial charge in [-0.2, -0.15) is 0 Å². The molecule has 0 spiro atoms. The Balaban J connectivity index is 1.60. The number of nitrogens with one attached hydrogen (secondary N) is 1. The van der Waals surface area contributed by atoms with E-state index in [1.807, 2.05) is 32.9 Å². The largest absolute Gasteiger partial charge is 0.493 e. The lowest BCUT2D eigenvalue weighted by Gasteiger charge is -2.29. The number of Topliss-reactive ketones (excluding diaryl/α,β-unsaturated/α-hetero) is 1. The zero-order chi connectivity index (χ0) is 28.5. The van der Waals surface area contributed by atoms with Gasteiger partial charge in [-0.05, 0) is 41.5 Å². The topological polar surface area (TPSA) is 112 Å². The van der Waals surface area contributed by atoms with Crippen LogP contribution in [-0.4, -0.2) is 68.1 Å². The fourth-order valence-corrected chi connectivity index (χ4v) is 5.26. The fraction of sp³-hybridized carbons (Fsp3) is 0.483. The summed E-state index contributed by atoms with van der Waals surface area (Å²) in [5.74, 6) is -1.21. The van der Waals surface area contributed by atoms with E-state index in [4.69, 9.17) is 19.6 Å². The number of nitrogens with zero attached hydrogens (tertiary/aromatic N) is 2. The normalized spacial score (nSPS) is 15.0. The number of carboxylic acids is 1. The number of methoxy groups -OCH3 is 2. The molecule has 2 aliphatic heterocycles. The molecule has 0 aromatic heterocycles. The Morgan fingerprint density at radius 3 is 2.36 bits per heavy atom. The third-order valence-electron chi connectivity index (χ3n) is 7.10. The highest BCUT2D eigenvalue weighted by Gasteiger charge is 2.33. The number of halogens is 1. The van der Waals surface area contributed by atoms with Crippen molar-refractivity contribution < 1.29 is 33.3 Å². The lowest BCUT2D eigenvalue weighted by atomic mass is 9.84. The molecule has 1 fully saturated rings. The van der Waals surface area contributed by atoms with E-state index >= 15 is 4.39 Å². The number of amidine groups is 1. The van der Waals surface area contributed by atoms with Crippen molar-refractivity contribution in [1.82, 2.24) is 4.90 Å². The van der Waals surface area contributed by atoms with Crippen molar-refractivity contribution in [3.8, 4) is 17.2 Å². The van der Waals surface area contributed by atoms with Crippen molar-refractivity contribution >= 4 is 23.3 Å². The van der Waals surface area contributed by atoms with Crippen LogP contribution in [0.1, 0.15) is 55.9 Å². The molecule has 2 N–H and O–H groups in total. The first kappa shape index (κ1) is 28.2. The average molecular weight is 542 g/mol. The third kappa shape index (κ3) is 5.79. The first-order chi connectivity index (χ1) is 18.4. The molecule has 4 rings (SSSR count). The van der Waals surface area contributed by atoms with Crippen LogP contribution in [0.15, 0.2) is 18.2 Å². The van der Waals surface area contributed by atoms with Crippen molar-refractivity contribution in [1.29, 1.82) is 5.41 Å². The van der Waals surface area contributed by atoms with Crippen LogP contribution in [-0.2, 0) is 28.0 Å². The summed E-state index contributed by atoms with van der Waals surface area (Å²) in [6.07, 6.45) is 2.16. The van der Waals surface area contributed by atoms with Crippen LogP contribution in [0.2, 0.25) is 0 Å². The van der Waals surface area contributed by atoms with Gasteiger partial charge in [-0.15, -0.1) is 0 Å². The molecule has 210 valence electrons. The number of rotatable bonds is 10. The Morgan fingerprint density at radius 2 is 1.77 bits per heavy atom. The van der Waals surface area contributed by atoms with Gasteiger partial charge >= 0.3 is 5.97 Å². The van der Waals surface area contributed by atoms with E-state index in [0.717, 1.165) is 42.7 Å². The van der Waals surface area contributed by atoms with Crippen LogP contribution in [0, 0.1) is 11.2 Å². The number of carbonyl (C=O) groups excluding carboxylic acids is 1. The maximum atomic E-state index is 15.1. The number of fused-ring (bicyclic) bond motifs is 1. The van der Waals surface area contributed by atoms with Crippen LogP contribution in [0.4, 0.5) is 10.1 Å². The van der Waals surface area contributed by atoms with E-state index in [1.165, 1.54) is 14.2 Å². The van der Waals surface area contributed by atoms with Gasteiger partial charge in [0.25, 0.3) is 0 Å². The van der Waals surface area contributed by atoms with Gasteiger partial charge in [0, 0.05) is 31.6 Å². The Kier molecular flexibility index (Phi) is 8.04. The Morgan fingerprint density at radius 1 is 1.08 bits per heavy atom. The molecular weight excluding hydrogens is 505 g/mol. The molecule has 0 aliphatic carbocycles. The number of aliphatic carboxylic acids is 1. The number of ether oxygens (including phenoxy) is 3. The quantitative estimate of drug-likeness (QED) is 0.461. The van der Waals surface area contributed by atoms with E-state index in [-0.39, 0.29) is 53.6 Å². The zero-order valence-corrected chi connectivity index (χ0v) is 23.1. The highest BCUT2D eigenvalue weighted by molar-refractivity contribution is 6.03. The molecule has 0 radical (unpaired) electrons. The molecule has 0 saturated carbocycles. The van der Waals surface area contributed by atoms with Gasteiger partial charge in [-0.1, -0.05) is 26.8 Å². The minimum absolute atomic E-state index is 0.0568. The minimum atomic E-state index is -1.05. The summed E-state index contributed by atoms with van der Waals surface area (Å²) in [5.41, 5.74) is 2.73. The highest BCUT2D eigenvalue weighted by atomic mass is 19.1. The number of anilines is 1. The lowest BCUT2D eigenvalue weighted by molar-refractivity contribution is -0.139. The smallest absolute Gasteiger partial charge is 0.341 e. The summed E-state index contributed by atoms with van der Waals surface area (Å²) in [6.45, 7) is 7.42. The van der Waals surface area contributed by atoms with Crippen molar-refractivity contribution in [2.45, 2.75) is 52.0 Å². The number of ketones is 1. The van der Waals surface area contributed by atoms with Crippen LogP contribution in [0.5, 0.6) is 17.2 Å². The summed E-state index contributed by atoms with van der Waals surface area (Å²) >= 11 is 0. The van der Waals surface area contributed by atoms with E-state index in [0.29, 0.717) is 11.3 Å². The zero-order valence-electron chi connectivity index (χ0n) is 23.1. The second-order valence-electron chi connectivity index (χ2n) is 11.0. The first-order valence-electron chi connectivity index (χ1n) is 13.0. The highest BCUT2D eigenvalue weighted by Crippen LogP contribution is 2.42. The van der Waals surface area contributed by atoms with E-state index in [1.54, 1.807) is 11.0 Å². The average Bonchev–Trinajstić information content (AvgIpc) is 3.50. The molecule has 2 heterocycles. The molecule has 2 aromatic carbocycles. The van der Waals surface area contributed by atoms with E-state index < -0.39 is 18.4 Å². The Hall–Kier alpha value is -3.82. The maximum absolute atomic E-state index is 15.1. The number of carbonyl (C=O) groups is 2. The van der Waals surface area contributed by atoms with Gasteiger partial charge in [-0.25, -0.2) is 9.18 Å². The number of carboxylic acid groups (broad SMARTS) is 1. The van der Waals surface area contributed by atoms with Crippen molar-refractivity contribution in [3.05, 3.63) is 46.3 Å². The number of hydrogen-bond acceptors (Lipinski definition) is 7. The molecular formula is C29H36FN3O6. The van der Waals surface area contributed by atoms with Gasteiger partial charge < -0.3 is 29.1 Å². The van der Waals surface area contributed by atoms with Crippen LogP contribution in [0.25, 0.3) is 0 Å². The first-order valence-corrected chi connectivity index (χ1v) is 13.0. The predicted octanol–water partition coefficient (Wildman–Crippen LogP) is 4.16. The van der Waals surface area contributed by atoms with Crippen LogP contribution in [0.3, 0.4) is 0 Å². The number of hydrogen-bond donors (Lipinski definition) is 2. The number of benzene rings is 2. The Bertz CT molecular complexity index is 1300. The summed E-state index contributed by atoms with van der Waals surface area (Å²) < 4.78 is 31.3. The summed E-state index contributed by atoms with van der Waals surface area (Å²) in [6, 6.07) is 5.47. The minimum Gasteiger partial charge on any atom is -0.493 e. The van der Waals surface area contributed by atoms with Gasteiger partial charge in [-0.3, -0.25) is 10.2 Å². The second-order valence-corrected chi connectivity index (χ2v) is 11.0. The van der Waals surface area contributed by atoms with Gasteiger partial charge in [0.15, 0.2) is 29.7 Å². The van der Waals surface area contributed by atoms with E-state index in [2.05, 4.69) is 4.90 Å². The second kappa shape index (κ2) is 11.1. The summed E-state index contributed by atoms with van der Waals surface area (Å²) in [4.78, 5) is 28.3. The molecule has 0 unspecified atom stereocenters. The standard InChI is InChI=1S/C29H36FN3O6/c1-29(2,3)20-11-17(12-21(32-8-6-7-9-32)26(20)39-16-23(35)36)10-19(34)15-33-14-18-13-22(37-4)27(38-5)25(30)24(18)28(33)31/h11-13,31H,6-10,14-16H2,1-5H3,(H,35,36). The van der Waals surface area contributed by atoms with E-state index in [9.17, 15) is 14.7 Å². The van der Waals surface area contributed by atoms with Crippen molar-refractivity contribution in [2.24, 2.45) is 0 Å². The van der Waals surface area contributed by atoms with Crippen molar-refractivity contribution in [2.75, 3.05) is 45.4 Å². The van der Waals surface area contributed by atoms with Gasteiger partial charge in [0.2, 0.25) is 0 Å². The van der Waals surface area contributed by atoms with Gasteiger partial charge in [0.1, 0.15) is 11.6 Å². The molecule has 0 bridgehead atoms. The molecule has 2 aromatic rings. The van der Waals surface area contributed by atoms with Crippen LogP contribution < -0.4 is 19.1 Å².